The molecular weight excluding hydrogens is 448 g/mol. The molecule has 0 unspecified atom stereocenters. The van der Waals surface area contributed by atoms with Crippen LogP contribution in [0, 0.1) is 0 Å². The van der Waals surface area contributed by atoms with Crippen molar-refractivity contribution in [1.82, 2.24) is 18.8 Å². The van der Waals surface area contributed by atoms with Crippen LogP contribution in [0.25, 0.3) is 22.5 Å². The predicted molar refractivity (Wildman–Crippen MR) is 132 cm³/mol. The van der Waals surface area contributed by atoms with Crippen molar-refractivity contribution < 1.29 is 13.2 Å². The van der Waals surface area contributed by atoms with Gasteiger partial charge in [-0.3, -0.25) is 4.79 Å². The molecule has 1 fully saturated rings. The summed E-state index contributed by atoms with van der Waals surface area (Å²) in [5.41, 5.74) is 1.90. The lowest BCUT2D eigenvalue weighted by Gasteiger charge is -2.33. The Labute approximate surface area is 198 Å². The van der Waals surface area contributed by atoms with E-state index in [-0.39, 0.29) is 23.9 Å². The molecule has 2 heterocycles. The van der Waals surface area contributed by atoms with Crippen molar-refractivity contribution in [1.29, 1.82) is 0 Å². The van der Waals surface area contributed by atoms with Gasteiger partial charge in [0.05, 0.1) is 11.2 Å². The molecule has 0 N–H and O–H groups in total. The van der Waals surface area contributed by atoms with Crippen molar-refractivity contribution >= 4 is 32.8 Å². The van der Waals surface area contributed by atoms with Crippen LogP contribution >= 0.6 is 0 Å². The summed E-state index contributed by atoms with van der Waals surface area (Å²) in [5, 5.41) is 1.89. The normalized spacial score (nSPS) is 15.2. The van der Waals surface area contributed by atoms with Crippen LogP contribution in [0.2, 0.25) is 0 Å². The number of carbonyl (C=O) groups is 1. The van der Waals surface area contributed by atoms with E-state index >= 15 is 0 Å². The molecule has 1 aliphatic heterocycles. The summed E-state index contributed by atoms with van der Waals surface area (Å²) in [5.74, 6) is -0.124. The van der Waals surface area contributed by atoms with Crippen LogP contribution in [0.5, 0.6) is 0 Å². The van der Waals surface area contributed by atoms with Gasteiger partial charge in [-0.1, -0.05) is 42.5 Å². The second-order valence-corrected chi connectivity index (χ2v) is 10.1. The number of amides is 1. The SMILES string of the molecule is O=C(C=Cc1ccc(-n2ccnc2)cc1)N1CCN(S(=O)(=O)c2ccc3ccccc3c2)CC1. The summed E-state index contributed by atoms with van der Waals surface area (Å²) < 4.78 is 29.6. The molecule has 7 nitrogen and oxygen atoms in total. The van der Waals surface area contributed by atoms with E-state index in [4.69, 9.17) is 0 Å². The molecule has 1 aromatic heterocycles. The summed E-state index contributed by atoms with van der Waals surface area (Å²) in [7, 11) is -3.61. The number of aromatic nitrogens is 2. The Kier molecular flexibility index (Phi) is 6.00. The zero-order valence-electron chi connectivity index (χ0n) is 18.5. The predicted octanol–water partition coefficient (Wildman–Crippen LogP) is 3.57. The number of rotatable bonds is 5. The van der Waals surface area contributed by atoms with Crippen molar-refractivity contribution in [2.24, 2.45) is 0 Å². The van der Waals surface area contributed by atoms with E-state index in [0.717, 1.165) is 22.0 Å². The lowest BCUT2D eigenvalue weighted by Crippen LogP contribution is -2.50. The van der Waals surface area contributed by atoms with Gasteiger partial charge in [0.15, 0.2) is 0 Å². The third kappa shape index (κ3) is 4.50. The number of benzene rings is 3. The summed E-state index contributed by atoms with van der Waals surface area (Å²) in [6.07, 6.45) is 8.64. The lowest BCUT2D eigenvalue weighted by molar-refractivity contribution is -0.127. The van der Waals surface area contributed by atoms with Crippen LogP contribution in [0.1, 0.15) is 5.56 Å². The van der Waals surface area contributed by atoms with Crippen molar-refractivity contribution in [2.75, 3.05) is 26.2 Å². The Bertz CT molecular complexity index is 1440. The highest BCUT2D eigenvalue weighted by molar-refractivity contribution is 7.89. The number of hydrogen-bond donors (Lipinski definition) is 0. The summed E-state index contributed by atoms with van der Waals surface area (Å²) in [4.78, 5) is 18.7. The van der Waals surface area contributed by atoms with Crippen LogP contribution in [-0.2, 0) is 14.8 Å². The Morgan fingerprint density at radius 1 is 0.882 bits per heavy atom. The highest BCUT2D eigenvalue weighted by Gasteiger charge is 2.29. The number of carbonyl (C=O) groups excluding carboxylic acids is 1. The monoisotopic (exact) mass is 472 g/mol. The number of hydrogen-bond acceptors (Lipinski definition) is 4. The average Bonchev–Trinajstić information content (AvgIpc) is 3.42. The molecule has 172 valence electrons. The highest BCUT2D eigenvalue weighted by atomic mass is 32.2. The van der Waals surface area contributed by atoms with Crippen molar-refractivity contribution in [3.63, 3.8) is 0 Å². The topological polar surface area (TPSA) is 75.5 Å². The fourth-order valence-electron chi connectivity index (χ4n) is 4.07. The van der Waals surface area contributed by atoms with Gasteiger partial charge in [0.25, 0.3) is 0 Å². The van der Waals surface area contributed by atoms with E-state index in [2.05, 4.69) is 4.98 Å². The number of sulfonamides is 1. The second kappa shape index (κ2) is 9.24. The van der Waals surface area contributed by atoms with Gasteiger partial charge in [-0.15, -0.1) is 0 Å². The first-order valence-corrected chi connectivity index (χ1v) is 12.5. The van der Waals surface area contributed by atoms with E-state index in [1.165, 1.54) is 4.31 Å². The molecule has 0 atom stereocenters. The third-order valence-corrected chi connectivity index (χ3v) is 7.92. The van der Waals surface area contributed by atoms with E-state index < -0.39 is 10.0 Å². The first kappa shape index (κ1) is 22.1. The minimum atomic E-state index is -3.61. The van der Waals surface area contributed by atoms with Crippen LogP contribution < -0.4 is 0 Å². The molecule has 0 aliphatic carbocycles. The van der Waals surface area contributed by atoms with Crippen LogP contribution in [0.15, 0.2) is 96.4 Å². The molecule has 0 bridgehead atoms. The number of nitrogens with zero attached hydrogens (tertiary/aromatic N) is 4. The molecule has 3 aromatic carbocycles. The fraction of sp³-hybridized carbons (Fsp3) is 0.154. The summed E-state index contributed by atoms with van der Waals surface area (Å²) >= 11 is 0. The fourth-order valence-corrected chi connectivity index (χ4v) is 5.53. The van der Waals surface area contributed by atoms with E-state index in [9.17, 15) is 13.2 Å². The molecule has 0 spiro atoms. The van der Waals surface area contributed by atoms with Crippen LogP contribution in [-0.4, -0.2) is 59.3 Å². The maximum atomic E-state index is 13.1. The summed E-state index contributed by atoms with van der Waals surface area (Å²) in [6, 6.07) is 20.7. The molecular formula is C26H24N4O3S. The lowest BCUT2D eigenvalue weighted by atomic mass is 10.1. The number of imidazole rings is 1. The highest BCUT2D eigenvalue weighted by Crippen LogP contribution is 2.23. The van der Waals surface area contributed by atoms with Crippen LogP contribution in [0.3, 0.4) is 0 Å². The zero-order valence-corrected chi connectivity index (χ0v) is 19.3. The molecule has 1 amide bonds. The Balaban J connectivity index is 1.20. The third-order valence-electron chi connectivity index (χ3n) is 6.02. The van der Waals surface area contributed by atoms with Gasteiger partial charge in [0, 0.05) is 50.3 Å². The first-order chi connectivity index (χ1) is 16.5. The molecule has 34 heavy (non-hydrogen) atoms. The first-order valence-electron chi connectivity index (χ1n) is 11.0. The summed E-state index contributed by atoms with van der Waals surface area (Å²) in [6.45, 7) is 1.26. The minimum absolute atomic E-state index is 0.124. The second-order valence-electron chi connectivity index (χ2n) is 8.13. The average molecular weight is 473 g/mol. The maximum absolute atomic E-state index is 13.1. The molecule has 0 radical (unpaired) electrons. The molecule has 4 aromatic rings. The van der Waals surface area contributed by atoms with Crippen molar-refractivity contribution in [3.05, 3.63) is 97.1 Å². The standard InChI is InChI=1S/C26H24N4O3S/c31-26(12-7-21-5-9-24(10-6-21)29-14-13-27-20-29)28-15-17-30(18-16-28)34(32,33)25-11-8-22-3-1-2-4-23(22)19-25/h1-14,19-20H,15-18H2. The number of fused-ring (bicyclic) bond motifs is 1. The zero-order chi connectivity index (χ0) is 23.5. The van der Waals surface area contributed by atoms with E-state index in [1.54, 1.807) is 41.7 Å². The Morgan fingerprint density at radius 3 is 2.32 bits per heavy atom. The van der Waals surface area contributed by atoms with Gasteiger partial charge in [-0.25, -0.2) is 13.4 Å². The van der Waals surface area contributed by atoms with Gasteiger partial charge < -0.3 is 9.47 Å². The van der Waals surface area contributed by atoms with Gasteiger partial charge in [-0.05, 0) is 46.7 Å². The smallest absolute Gasteiger partial charge is 0.246 e. The van der Waals surface area contributed by atoms with E-state index in [0.29, 0.717) is 13.1 Å². The van der Waals surface area contributed by atoms with Gasteiger partial charge >= 0.3 is 0 Å². The quantitative estimate of drug-likeness (QED) is 0.416. The molecule has 1 aliphatic rings. The van der Waals surface area contributed by atoms with Crippen molar-refractivity contribution in [3.8, 4) is 5.69 Å². The maximum Gasteiger partial charge on any atom is 0.246 e. The molecule has 1 saturated heterocycles. The van der Waals surface area contributed by atoms with Crippen LogP contribution in [0.4, 0.5) is 0 Å². The van der Waals surface area contributed by atoms with Gasteiger partial charge in [0.2, 0.25) is 15.9 Å². The Morgan fingerprint density at radius 2 is 1.62 bits per heavy atom. The van der Waals surface area contributed by atoms with Gasteiger partial charge in [0.1, 0.15) is 0 Å². The molecule has 5 rings (SSSR count). The van der Waals surface area contributed by atoms with E-state index in [1.807, 2.05) is 65.4 Å². The Hall–Kier alpha value is -3.75. The molecule has 0 saturated carbocycles. The molecule has 8 heteroatoms. The largest absolute Gasteiger partial charge is 0.337 e. The number of piperazine rings is 1. The minimum Gasteiger partial charge on any atom is -0.337 e. The van der Waals surface area contributed by atoms with Gasteiger partial charge in [-0.2, -0.15) is 4.31 Å². The van der Waals surface area contributed by atoms with Crippen molar-refractivity contribution in [2.45, 2.75) is 4.90 Å².